The fourth-order valence-electron chi connectivity index (χ4n) is 5.83. The quantitative estimate of drug-likeness (QED) is 0.628. The second kappa shape index (κ2) is 8.95. The second-order valence-corrected chi connectivity index (χ2v) is 10.4. The monoisotopic (exact) mass is 467 g/mol. The van der Waals surface area contributed by atoms with Crippen LogP contribution in [-0.2, 0) is 6.42 Å². The van der Waals surface area contributed by atoms with E-state index >= 15 is 0 Å². The zero-order valence-corrected chi connectivity index (χ0v) is 20.5. The number of amides is 2. The highest BCUT2D eigenvalue weighted by Crippen LogP contribution is 2.47. The number of benzene rings is 2. The van der Waals surface area contributed by atoms with Gasteiger partial charge < -0.3 is 10.1 Å². The van der Waals surface area contributed by atoms with E-state index in [9.17, 15) is 9.18 Å². The molecule has 3 aliphatic rings. The van der Waals surface area contributed by atoms with E-state index < -0.39 is 0 Å². The van der Waals surface area contributed by atoms with Crippen molar-refractivity contribution in [3.8, 4) is 5.75 Å². The molecule has 0 bridgehead atoms. The van der Waals surface area contributed by atoms with E-state index in [1.54, 1.807) is 12.1 Å². The maximum absolute atomic E-state index is 14.4. The summed E-state index contributed by atoms with van der Waals surface area (Å²) >= 11 is 0. The zero-order valence-electron chi connectivity index (χ0n) is 20.5. The minimum atomic E-state index is -0.300. The molecule has 2 saturated heterocycles. The Balaban J connectivity index is 1.63. The number of nitrogens with one attached hydrogen (secondary N) is 1. The lowest BCUT2D eigenvalue weighted by atomic mass is 9.97. The number of nitrogens with zero attached hydrogens (tertiary/aromatic N) is 3. The Morgan fingerprint density at radius 3 is 2.59 bits per heavy atom. The van der Waals surface area contributed by atoms with E-state index in [4.69, 9.17) is 4.74 Å². The van der Waals surface area contributed by atoms with Crippen molar-refractivity contribution in [2.24, 2.45) is 0 Å². The fraction of sp³-hybridized carbons (Fsp3) is 0.519. The molecule has 1 N–H and O–H groups in total. The number of piperazine rings is 1. The smallest absolute Gasteiger partial charge is 0.444 e. The number of quaternary nitrogens is 1. The Bertz CT molecular complexity index is 1050. The minimum Gasteiger partial charge on any atom is -0.487 e. The lowest BCUT2D eigenvalue weighted by molar-refractivity contribution is -0.960. The number of anilines is 1. The van der Waals surface area contributed by atoms with Gasteiger partial charge in [0.1, 0.15) is 36.3 Å². The summed E-state index contributed by atoms with van der Waals surface area (Å²) in [5, 5.41) is 5.77. The van der Waals surface area contributed by atoms with Gasteiger partial charge in [0.15, 0.2) is 0 Å². The number of hydrogen-bond acceptors (Lipinski definition) is 4. The number of carbonyl (C=O) groups excluding carboxylic acids is 1. The summed E-state index contributed by atoms with van der Waals surface area (Å²) in [5.41, 5.74) is 2.70. The molecule has 0 radical (unpaired) electrons. The summed E-state index contributed by atoms with van der Waals surface area (Å²) in [4.78, 5) is 16.3. The molecule has 0 saturated carbocycles. The van der Waals surface area contributed by atoms with Crippen LogP contribution >= 0.6 is 0 Å². The van der Waals surface area contributed by atoms with Gasteiger partial charge in [0.25, 0.3) is 0 Å². The number of hydrogen-bond donors (Lipinski definition) is 1. The molecule has 3 aliphatic heterocycles. The van der Waals surface area contributed by atoms with Crippen molar-refractivity contribution in [3.05, 3.63) is 59.4 Å². The van der Waals surface area contributed by atoms with Gasteiger partial charge in [-0.1, -0.05) is 31.5 Å². The number of carbonyl (C=O) groups is 1. The highest BCUT2D eigenvalue weighted by molar-refractivity contribution is 5.90. The molecule has 2 amide bonds. The van der Waals surface area contributed by atoms with Gasteiger partial charge in [0, 0.05) is 25.1 Å². The van der Waals surface area contributed by atoms with Crippen molar-refractivity contribution in [1.82, 2.24) is 10.3 Å². The largest absolute Gasteiger partial charge is 0.487 e. The zero-order chi connectivity index (χ0) is 23.9. The number of urea groups is 1. The second-order valence-electron chi connectivity index (χ2n) is 10.4. The lowest BCUT2D eigenvalue weighted by Crippen LogP contribution is -2.66. The van der Waals surface area contributed by atoms with Crippen LogP contribution in [0.4, 0.5) is 14.9 Å². The van der Waals surface area contributed by atoms with Crippen LogP contribution in [0.5, 0.6) is 5.75 Å². The summed E-state index contributed by atoms with van der Waals surface area (Å²) in [7, 11) is 0. The number of halogens is 1. The number of fused-ring (bicyclic) bond motifs is 1. The standard InChI is InChI=1S/C27H36FN4O2/c1-4-5-17-32(30-15-13-29-14-16-30)19-24(31(26(32)33)22-11-9-21(28)10-12-22)23-8-6-7-20-18-27(2,3)34-25(20)23/h6-12,24,29H,4-5,13-19H2,1-3H3/q+1. The van der Waals surface area contributed by atoms with Crippen molar-refractivity contribution in [3.63, 3.8) is 0 Å². The third kappa shape index (κ3) is 4.00. The van der Waals surface area contributed by atoms with Gasteiger partial charge in [-0.25, -0.2) is 14.1 Å². The van der Waals surface area contributed by atoms with Crippen molar-refractivity contribution in [1.29, 1.82) is 0 Å². The number of para-hydroxylation sites is 1. The molecule has 2 atom stereocenters. The molecule has 2 fully saturated rings. The first-order valence-corrected chi connectivity index (χ1v) is 12.6. The van der Waals surface area contributed by atoms with E-state index in [0.717, 1.165) is 69.0 Å². The van der Waals surface area contributed by atoms with Crippen LogP contribution in [0.3, 0.4) is 0 Å². The van der Waals surface area contributed by atoms with Crippen molar-refractivity contribution < 1.29 is 18.5 Å². The summed E-state index contributed by atoms with van der Waals surface area (Å²) in [5.74, 6) is 0.611. The molecule has 6 nitrogen and oxygen atoms in total. The van der Waals surface area contributed by atoms with Gasteiger partial charge >= 0.3 is 6.03 Å². The van der Waals surface area contributed by atoms with Gasteiger partial charge in [-0.15, -0.1) is 5.01 Å². The molecule has 2 aromatic carbocycles. The molecule has 7 heteroatoms. The molecular formula is C27H36FN4O2+. The molecule has 34 heavy (non-hydrogen) atoms. The molecule has 182 valence electrons. The third-order valence-electron chi connectivity index (χ3n) is 7.45. The van der Waals surface area contributed by atoms with Crippen molar-refractivity contribution in [2.75, 3.05) is 44.2 Å². The first-order chi connectivity index (χ1) is 16.3. The van der Waals surface area contributed by atoms with Crippen LogP contribution in [-0.4, -0.2) is 60.5 Å². The Morgan fingerprint density at radius 1 is 1.15 bits per heavy atom. The van der Waals surface area contributed by atoms with Crippen LogP contribution in [0.15, 0.2) is 42.5 Å². The summed E-state index contributed by atoms with van der Waals surface area (Å²) in [6, 6.07) is 12.5. The number of ether oxygens (including phenoxy) is 1. The molecular weight excluding hydrogens is 431 g/mol. The van der Waals surface area contributed by atoms with Gasteiger partial charge in [-0.3, -0.25) is 0 Å². The Morgan fingerprint density at radius 2 is 1.88 bits per heavy atom. The Hall–Kier alpha value is -2.48. The highest BCUT2D eigenvalue weighted by Gasteiger charge is 2.58. The SMILES string of the molecule is CCCC[N+]1(N2CCNCC2)CC(c2cccc3c2OC(C)(C)C3)N(c2ccc(F)cc2)C1=O. The molecule has 0 aromatic heterocycles. The predicted molar refractivity (Wildman–Crippen MR) is 131 cm³/mol. The van der Waals surface area contributed by atoms with E-state index in [0.29, 0.717) is 11.1 Å². The van der Waals surface area contributed by atoms with Gasteiger partial charge in [-0.2, -0.15) is 4.59 Å². The van der Waals surface area contributed by atoms with Crippen LogP contribution in [0.2, 0.25) is 0 Å². The van der Waals surface area contributed by atoms with E-state index in [1.165, 1.54) is 17.7 Å². The predicted octanol–water partition coefficient (Wildman–Crippen LogP) is 4.66. The summed E-state index contributed by atoms with van der Waals surface area (Å²) < 4.78 is 20.6. The maximum Gasteiger partial charge on any atom is 0.444 e. The average molecular weight is 468 g/mol. The van der Waals surface area contributed by atoms with Crippen LogP contribution in [0, 0.1) is 5.82 Å². The topological polar surface area (TPSA) is 44.8 Å². The van der Waals surface area contributed by atoms with E-state index in [2.05, 4.69) is 49.3 Å². The molecule has 3 heterocycles. The number of unbranched alkanes of at least 4 members (excludes halogenated alkanes) is 1. The molecule has 0 aliphatic carbocycles. The molecule has 2 aromatic rings. The van der Waals surface area contributed by atoms with Gasteiger partial charge in [-0.05, 0) is 50.1 Å². The molecule has 2 unspecified atom stereocenters. The van der Waals surface area contributed by atoms with Crippen LogP contribution in [0.25, 0.3) is 0 Å². The number of rotatable bonds is 6. The maximum atomic E-state index is 14.4. The first kappa shape index (κ1) is 23.3. The van der Waals surface area contributed by atoms with Gasteiger partial charge in [0.2, 0.25) is 0 Å². The summed E-state index contributed by atoms with van der Waals surface area (Å²) in [6.07, 6.45) is 2.84. The van der Waals surface area contributed by atoms with Crippen molar-refractivity contribution in [2.45, 2.75) is 51.7 Å². The molecule has 5 rings (SSSR count). The summed E-state index contributed by atoms with van der Waals surface area (Å²) in [6.45, 7) is 11.2. The van der Waals surface area contributed by atoms with E-state index in [-0.39, 0.29) is 23.5 Å². The van der Waals surface area contributed by atoms with Crippen LogP contribution in [0.1, 0.15) is 50.8 Å². The highest BCUT2D eigenvalue weighted by atomic mass is 19.1. The Kier molecular flexibility index (Phi) is 6.12. The fourth-order valence-corrected chi connectivity index (χ4v) is 5.83. The molecule has 0 spiro atoms. The van der Waals surface area contributed by atoms with Crippen LogP contribution < -0.4 is 15.0 Å². The Labute approximate surface area is 201 Å². The normalized spacial score (nSPS) is 26.5. The third-order valence-corrected chi connectivity index (χ3v) is 7.45. The lowest BCUT2D eigenvalue weighted by Gasteiger charge is -2.42. The first-order valence-electron chi connectivity index (χ1n) is 12.6. The van der Waals surface area contributed by atoms with E-state index in [1.807, 2.05) is 4.90 Å². The average Bonchev–Trinajstić information content (AvgIpc) is 3.31. The minimum absolute atomic E-state index is 0.0711. The van der Waals surface area contributed by atoms with Gasteiger partial charge in [0.05, 0.1) is 18.8 Å². The van der Waals surface area contributed by atoms with Crippen molar-refractivity contribution >= 4 is 11.7 Å².